The van der Waals surface area contributed by atoms with Crippen LogP contribution in [0.3, 0.4) is 0 Å². The SMILES string of the molecule is CC(C)Oc1ccc2c(c1)CCC2NC(=O)C(=O)NCc1nc(-c2ccc(Br)cc2)n[nH]1. The van der Waals surface area contributed by atoms with Crippen molar-refractivity contribution in [3.05, 3.63) is 63.9 Å². The molecule has 0 radical (unpaired) electrons. The Morgan fingerprint density at radius 3 is 2.72 bits per heavy atom. The summed E-state index contributed by atoms with van der Waals surface area (Å²) in [7, 11) is 0. The largest absolute Gasteiger partial charge is 0.491 e. The number of carbonyl (C=O) groups is 2. The maximum Gasteiger partial charge on any atom is 0.309 e. The Morgan fingerprint density at radius 1 is 1.19 bits per heavy atom. The number of hydrogen-bond acceptors (Lipinski definition) is 5. The van der Waals surface area contributed by atoms with Gasteiger partial charge in [-0.3, -0.25) is 14.7 Å². The molecule has 1 unspecified atom stereocenters. The number of nitrogens with one attached hydrogen (secondary N) is 3. The van der Waals surface area contributed by atoms with Crippen LogP contribution in [0.15, 0.2) is 46.9 Å². The molecule has 0 saturated heterocycles. The molecule has 1 aromatic heterocycles. The zero-order chi connectivity index (χ0) is 22.7. The highest BCUT2D eigenvalue weighted by atomic mass is 79.9. The van der Waals surface area contributed by atoms with Gasteiger partial charge in [0.25, 0.3) is 0 Å². The van der Waals surface area contributed by atoms with E-state index in [2.05, 4.69) is 41.7 Å². The van der Waals surface area contributed by atoms with Crippen LogP contribution in [0, 0.1) is 0 Å². The number of rotatable bonds is 6. The molecule has 3 aromatic rings. The van der Waals surface area contributed by atoms with Crippen LogP contribution in [0.4, 0.5) is 0 Å². The molecule has 8 nitrogen and oxygen atoms in total. The van der Waals surface area contributed by atoms with Crippen LogP contribution < -0.4 is 15.4 Å². The van der Waals surface area contributed by atoms with Crippen molar-refractivity contribution in [1.82, 2.24) is 25.8 Å². The van der Waals surface area contributed by atoms with Crippen molar-refractivity contribution >= 4 is 27.7 Å². The summed E-state index contributed by atoms with van der Waals surface area (Å²) < 4.78 is 6.70. The van der Waals surface area contributed by atoms with E-state index in [1.54, 1.807) is 0 Å². The summed E-state index contributed by atoms with van der Waals surface area (Å²) in [6.45, 7) is 4.04. The first-order valence-electron chi connectivity index (χ1n) is 10.4. The predicted octanol–water partition coefficient (Wildman–Crippen LogP) is 3.44. The highest BCUT2D eigenvalue weighted by Crippen LogP contribution is 2.33. The molecule has 1 atom stereocenters. The molecule has 166 valence electrons. The Bertz CT molecular complexity index is 1130. The van der Waals surface area contributed by atoms with Gasteiger partial charge in [-0.25, -0.2) is 4.98 Å². The summed E-state index contributed by atoms with van der Waals surface area (Å²) in [4.78, 5) is 29.1. The van der Waals surface area contributed by atoms with E-state index in [1.807, 2.05) is 56.3 Å². The summed E-state index contributed by atoms with van der Waals surface area (Å²) in [6, 6.07) is 13.3. The average Bonchev–Trinajstić information content (AvgIpc) is 3.39. The quantitative estimate of drug-likeness (QED) is 0.452. The van der Waals surface area contributed by atoms with Gasteiger partial charge < -0.3 is 15.4 Å². The first-order chi connectivity index (χ1) is 15.4. The normalized spacial score (nSPS) is 14.8. The summed E-state index contributed by atoms with van der Waals surface area (Å²) in [6.07, 6.45) is 1.68. The first-order valence-corrected chi connectivity index (χ1v) is 11.2. The Kier molecular flexibility index (Phi) is 6.55. The Morgan fingerprint density at radius 2 is 1.97 bits per heavy atom. The number of benzene rings is 2. The molecule has 3 N–H and O–H groups in total. The van der Waals surface area contributed by atoms with Gasteiger partial charge in [0.1, 0.15) is 11.6 Å². The third-order valence-corrected chi connectivity index (χ3v) is 5.65. The van der Waals surface area contributed by atoms with Crippen molar-refractivity contribution in [3.63, 3.8) is 0 Å². The number of H-pyrrole nitrogens is 1. The summed E-state index contributed by atoms with van der Waals surface area (Å²) in [5.74, 6) is 0.429. The second-order valence-corrected chi connectivity index (χ2v) is 8.80. The molecule has 4 rings (SSSR count). The fraction of sp³-hybridized carbons (Fsp3) is 0.304. The summed E-state index contributed by atoms with van der Waals surface area (Å²) >= 11 is 3.39. The summed E-state index contributed by atoms with van der Waals surface area (Å²) in [5.41, 5.74) is 3.01. The number of ether oxygens (including phenoxy) is 1. The molecule has 2 amide bonds. The van der Waals surface area contributed by atoms with Gasteiger partial charge in [-0.05, 0) is 62.1 Å². The first kappa shape index (κ1) is 22.0. The lowest BCUT2D eigenvalue weighted by molar-refractivity contribution is -0.139. The van der Waals surface area contributed by atoms with Crippen LogP contribution in [-0.4, -0.2) is 33.1 Å². The van der Waals surface area contributed by atoms with E-state index in [0.29, 0.717) is 11.6 Å². The average molecular weight is 498 g/mol. The maximum atomic E-state index is 12.4. The molecule has 1 heterocycles. The lowest BCUT2D eigenvalue weighted by Crippen LogP contribution is -2.41. The molecule has 0 saturated carbocycles. The van der Waals surface area contributed by atoms with Gasteiger partial charge in [0.2, 0.25) is 0 Å². The van der Waals surface area contributed by atoms with Crippen LogP contribution in [0.2, 0.25) is 0 Å². The van der Waals surface area contributed by atoms with Crippen LogP contribution in [0.25, 0.3) is 11.4 Å². The van der Waals surface area contributed by atoms with Gasteiger partial charge in [0.05, 0.1) is 18.7 Å². The number of halogens is 1. The minimum atomic E-state index is -0.709. The number of hydrogen-bond donors (Lipinski definition) is 3. The van der Waals surface area contributed by atoms with Crippen LogP contribution in [0.5, 0.6) is 5.75 Å². The molecule has 9 heteroatoms. The number of amides is 2. The molecule has 2 aromatic carbocycles. The predicted molar refractivity (Wildman–Crippen MR) is 123 cm³/mol. The number of aromatic nitrogens is 3. The van der Waals surface area contributed by atoms with E-state index in [-0.39, 0.29) is 18.7 Å². The highest BCUT2D eigenvalue weighted by Gasteiger charge is 2.26. The van der Waals surface area contributed by atoms with Crippen molar-refractivity contribution in [3.8, 4) is 17.1 Å². The highest BCUT2D eigenvalue weighted by molar-refractivity contribution is 9.10. The Labute approximate surface area is 194 Å². The van der Waals surface area contributed by atoms with Gasteiger partial charge >= 0.3 is 11.8 Å². The number of aromatic amines is 1. The van der Waals surface area contributed by atoms with E-state index in [9.17, 15) is 9.59 Å². The second-order valence-electron chi connectivity index (χ2n) is 7.89. The molecular weight excluding hydrogens is 474 g/mol. The van der Waals surface area contributed by atoms with Crippen molar-refractivity contribution < 1.29 is 14.3 Å². The van der Waals surface area contributed by atoms with Crippen LogP contribution in [-0.2, 0) is 22.6 Å². The molecule has 1 aliphatic rings. The monoisotopic (exact) mass is 497 g/mol. The molecular formula is C23H24BrN5O3. The van der Waals surface area contributed by atoms with E-state index in [4.69, 9.17) is 4.74 Å². The van der Waals surface area contributed by atoms with Gasteiger partial charge in [-0.2, -0.15) is 5.10 Å². The van der Waals surface area contributed by atoms with Crippen LogP contribution in [0.1, 0.15) is 43.3 Å². The fourth-order valence-electron chi connectivity index (χ4n) is 3.66. The molecule has 32 heavy (non-hydrogen) atoms. The van der Waals surface area contributed by atoms with Crippen molar-refractivity contribution in [2.24, 2.45) is 0 Å². The van der Waals surface area contributed by atoms with E-state index < -0.39 is 11.8 Å². The molecule has 0 bridgehead atoms. The van der Waals surface area contributed by atoms with Crippen molar-refractivity contribution in [2.45, 2.75) is 45.4 Å². The second kappa shape index (κ2) is 9.52. The van der Waals surface area contributed by atoms with E-state index in [0.717, 1.165) is 39.8 Å². The van der Waals surface area contributed by atoms with E-state index in [1.165, 1.54) is 0 Å². The number of carbonyl (C=O) groups excluding carboxylic acids is 2. The van der Waals surface area contributed by atoms with E-state index >= 15 is 0 Å². The van der Waals surface area contributed by atoms with Gasteiger partial charge in [0.15, 0.2) is 5.82 Å². The van der Waals surface area contributed by atoms with Gasteiger partial charge in [-0.15, -0.1) is 0 Å². The lowest BCUT2D eigenvalue weighted by Gasteiger charge is -2.15. The van der Waals surface area contributed by atoms with Crippen molar-refractivity contribution in [2.75, 3.05) is 0 Å². The standard InChI is InChI=1S/C23H24BrN5O3/c1-13(2)32-17-8-9-18-15(11-17)5-10-19(18)26-23(31)22(30)25-12-20-27-21(29-28-20)14-3-6-16(24)7-4-14/h3-4,6-9,11,13,19H,5,10,12H2,1-2H3,(H,25,30)(H,26,31)(H,27,28,29). The third-order valence-electron chi connectivity index (χ3n) is 5.13. The smallest absolute Gasteiger partial charge is 0.309 e. The molecule has 0 aliphatic heterocycles. The zero-order valence-electron chi connectivity index (χ0n) is 17.8. The molecule has 0 spiro atoms. The fourth-order valence-corrected chi connectivity index (χ4v) is 3.92. The molecule has 0 fully saturated rings. The minimum absolute atomic E-state index is 0.0763. The van der Waals surface area contributed by atoms with Gasteiger partial charge in [-0.1, -0.05) is 34.1 Å². The van der Waals surface area contributed by atoms with Gasteiger partial charge in [0, 0.05) is 10.0 Å². The number of nitrogens with zero attached hydrogens (tertiary/aromatic N) is 2. The topological polar surface area (TPSA) is 109 Å². The number of fused-ring (bicyclic) bond motifs is 1. The maximum absolute atomic E-state index is 12.4. The van der Waals surface area contributed by atoms with Crippen molar-refractivity contribution in [1.29, 1.82) is 0 Å². The Hall–Kier alpha value is -3.20. The molecule has 1 aliphatic carbocycles. The third kappa shape index (κ3) is 5.16. The minimum Gasteiger partial charge on any atom is -0.491 e. The Balaban J connectivity index is 1.31. The lowest BCUT2D eigenvalue weighted by atomic mass is 10.1. The number of aryl methyl sites for hydroxylation is 1. The van der Waals surface area contributed by atoms with Crippen LogP contribution >= 0.6 is 15.9 Å². The summed E-state index contributed by atoms with van der Waals surface area (Å²) in [5, 5.41) is 12.4. The zero-order valence-corrected chi connectivity index (χ0v) is 19.4.